The van der Waals surface area contributed by atoms with Crippen LogP contribution in [0.1, 0.15) is 35.7 Å². The standard InChI is InChI=1S/C13H15FO2/c1-3-5-11(15)12(14)13(16)10-7-4-6-9(2)8-10/h4,6-8,12H,3,5H2,1-2H3. The van der Waals surface area contributed by atoms with E-state index in [-0.39, 0.29) is 12.0 Å². The molecule has 2 nitrogen and oxygen atoms in total. The number of rotatable bonds is 5. The monoisotopic (exact) mass is 222 g/mol. The highest BCUT2D eigenvalue weighted by Gasteiger charge is 2.25. The van der Waals surface area contributed by atoms with Crippen molar-refractivity contribution in [2.45, 2.75) is 32.9 Å². The Bertz CT molecular complexity index is 399. The Morgan fingerprint density at radius 2 is 2.06 bits per heavy atom. The van der Waals surface area contributed by atoms with E-state index in [0.717, 1.165) is 5.56 Å². The second-order valence-electron chi connectivity index (χ2n) is 3.81. The Kier molecular flexibility index (Phi) is 4.35. The average molecular weight is 222 g/mol. The number of aryl methyl sites for hydroxylation is 1. The van der Waals surface area contributed by atoms with Crippen molar-refractivity contribution in [2.75, 3.05) is 0 Å². The number of halogens is 1. The summed E-state index contributed by atoms with van der Waals surface area (Å²) in [5.41, 5.74) is 1.14. The Morgan fingerprint density at radius 1 is 1.38 bits per heavy atom. The fraction of sp³-hybridized carbons (Fsp3) is 0.385. The minimum atomic E-state index is -2.01. The van der Waals surface area contributed by atoms with Crippen LogP contribution in [0.4, 0.5) is 4.39 Å². The first kappa shape index (κ1) is 12.6. The van der Waals surface area contributed by atoms with E-state index in [9.17, 15) is 14.0 Å². The molecule has 0 aliphatic carbocycles. The van der Waals surface area contributed by atoms with Crippen molar-refractivity contribution in [3.8, 4) is 0 Å². The molecule has 16 heavy (non-hydrogen) atoms. The van der Waals surface area contributed by atoms with Crippen LogP contribution in [0, 0.1) is 6.92 Å². The summed E-state index contributed by atoms with van der Waals surface area (Å²) in [4.78, 5) is 22.9. The summed E-state index contributed by atoms with van der Waals surface area (Å²) in [5.74, 6) is -1.36. The molecule has 0 radical (unpaired) electrons. The van der Waals surface area contributed by atoms with E-state index in [0.29, 0.717) is 6.42 Å². The van der Waals surface area contributed by atoms with Gasteiger partial charge in [0.2, 0.25) is 12.0 Å². The highest BCUT2D eigenvalue weighted by atomic mass is 19.1. The van der Waals surface area contributed by atoms with Gasteiger partial charge in [0.1, 0.15) is 0 Å². The Morgan fingerprint density at radius 3 is 2.62 bits per heavy atom. The van der Waals surface area contributed by atoms with E-state index in [4.69, 9.17) is 0 Å². The average Bonchev–Trinajstić information content (AvgIpc) is 2.27. The van der Waals surface area contributed by atoms with Crippen LogP contribution < -0.4 is 0 Å². The van der Waals surface area contributed by atoms with Gasteiger partial charge in [0.05, 0.1) is 0 Å². The smallest absolute Gasteiger partial charge is 0.220 e. The Balaban J connectivity index is 2.82. The van der Waals surface area contributed by atoms with Crippen LogP contribution in [-0.4, -0.2) is 17.7 Å². The van der Waals surface area contributed by atoms with E-state index >= 15 is 0 Å². The summed E-state index contributed by atoms with van der Waals surface area (Å²) < 4.78 is 13.5. The quantitative estimate of drug-likeness (QED) is 0.567. The number of hydrogen-bond acceptors (Lipinski definition) is 2. The number of ketones is 2. The zero-order valence-electron chi connectivity index (χ0n) is 9.50. The minimum absolute atomic E-state index is 0.110. The molecule has 0 fully saturated rings. The van der Waals surface area contributed by atoms with Crippen LogP contribution in [0.3, 0.4) is 0 Å². The number of hydrogen-bond donors (Lipinski definition) is 0. The third kappa shape index (κ3) is 2.99. The molecular weight excluding hydrogens is 207 g/mol. The molecule has 0 aliphatic rings. The van der Waals surface area contributed by atoms with Crippen molar-refractivity contribution in [3.63, 3.8) is 0 Å². The molecule has 0 bridgehead atoms. The molecule has 1 atom stereocenters. The van der Waals surface area contributed by atoms with E-state index in [2.05, 4.69) is 0 Å². The number of carbonyl (C=O) groups excluding carboxylic acids is 2. The molecule has 0 saturated carbocycles. The lowest BCUT2D eigenvalue weighted by atomic mass is 10.0. The first-order valence-corrected chi connectivity index (χ1v) is 5.34. The topological polar surface area (TPSA) is 34.1 Å². The summed E-state index contributed by atoms with van der Waals surface area (Å²) >= 11 is 0. The van der Waals surface area contributed by atoms with Crippen LogP contribution in [-0.2, 0) is 4.79 Å². The Labute approximate surface area is 94.5 Å². The fourth-order valence-electron chi connectivity index (χ4n) is 1.46. The van der Waals surface area contributed by atoms with Gasteiger partial charge < -0.3 is 0 Å². The third-order valence-electron chi connectivity index (χ3n) is 2.31. The van der Waals surface area contributed by atoms with E-state index in [1.54, 1.807) is 19.1 Å². The third-order valence-corrected chi connectivity index (χ3v) is 2.31. The van der Waals surface area contributed by atoms with Gasteiger partial charge in [0.25, 0.3) is 0 Å². The zero-order valence-corrected chi connectivity index (χ0v) is 9.50. The number of carbonyl (C=O) groups is 2. The van der Waals surface area contributed by atoms with Gasteiger partial charge in [-0.2, -0.15) is 0 Å². The fourth-order valence-corrected chi connectivity index (χ4v) is 1.46. The molecule has 0 N–H and O–H groups in total. The highest BCUT2D eigenvalue weighted by molar-refractivity contribution is 6.13. The molecule has 0 amide bonds. The van der Waals surface area contributed by atoms with Gasteiger partial charge in [-0.1, -0.05) is 30.7 Å². The van der Waals surface area contributed by atoms with Crippen molar-refractivity contribution < 1.29 is 14.0 Å². The first-order chi connectivity index (χ1) is 7.56. The lowest BCUT2D eigenvalue weighted by Gasteiger charge is -2.06. The summed E-state index contributed by atoms with van der Waals surface area (Å²) in [6.45, 7) is 3.60. The van der Waals surface area contributed by atoms with Gasteiger partial charge in [-0.15, -0.1) is 0 Å². The van der Waals surface area contributed by atoms with E-state index in [1.807, 2.05) is 13.0 Å². The van der Waals surface area contributed by atoms with Crippen LogP contribution in [0.25, 0.3) is 0 Å². The summed E-state index contributed by atoms with van der Waals surface area (Å²) in [5, 5.41) is 0. The van der Waals surface area contributed by atoms with Gasteiger partial charge >= 0.3 is 0 Å². The number of Topliss-reactive ketones (excluding diaryl/α,β-unsaturated/α-hetero) is 2. The van der Waals surface area contributed by atoms with Crippen LogP contribution in [0.15, 0.2) is 24.3 Å². The molecule has 3 heteroatoms. The maximum absolute atomic E-state index is 13.5. The second kappa shape index (κ2) is 5.54. The van der Waals surface area contributed by atoms with Crippen LogP contribution in [0.5, 0.6) is 0 Å². The largest absolute Gasteiger partial charge is 0.296 e. The molecule has 0 aromatic heterocycles. The molecule has 0 aliphatic heterocycles. The van der Waals surface area contributed by atoms with Crippen molar-refractivity contribution in [1.29, 1.82) is 0 Å². The predicted octanol–water partition coefficient (Wildman–Crippen LogP) is 2.89. The lowest BCUT2D eigenvalue weighted by Crippen LogP contribution is -2.25. The zero-order chi connectivity index (χ0) is 12.1. The van der Waals surface area contributed by atoms with Crippen molar-refractivity contribution in [2.24, 2.45) is 0 Å². The van der Waals surface area contributed by atoms with Crippen LogP contribution in [0.2, 0.25) is 0 Å². The maximum atomic E-state index is 13.5. The summed E-state index contributed by atoms with van der Waals surface area (Å²) in [6, 6.07) is 6.62. The Hall–Kier alpha value is -1.51. The van der Waals surface area contributed by atoms with Crippen molar-refractivity contribution >= 4 is 11.6 Å². The molecule has 1 aromatic carbocycles. The van der Waals surface area contributed by atoms with Gasteiger partial charge in [0, 0.05) is 12.0 Å². The maximum Gasteiger partial charge on any atom is 0.220 e. The molecule has 1 unspecified atom stereocenters. The van der Waals surface area contributed by atoms with Gasteiger partial charge in [0.15, 0.2) is 5.78 Å². The summed E-state index contributed by atoms with van der Waals surface area (Å²) in [6.07, 6.45) is -1.35. The summed E-state index contributed by atoms with van der Waals surface area (Å²) in [7, 11) is 0. The normalized spacial score (nSPS) is 12.2. The molecular formula is C13H15FO2. The number of benzene rings is 1. The lowest BCUT2D eigenvalue weighted by molar-refractivity contribution is -0.122. The molecule has 0 heterocycles. The first-order valence-electron chi connectivity index (χ1n) is 5.34. The minimum Gasteiger partial charge on any atom is -0.296 e. The van der Waals surface area contributed by atoms with Gasteiger partial charge in [-0.3, -0.25) is 9.59 Å². The molecule has 0 saturated heterocycles. The molecule has 0 spiro atoms. The van der Waals surface area contributed by atoms with E-state index < -0.39 is 17.7 Å². The molecule has 1 aromatic rings. The molecule has 86 valence electrons. The molecule has 1 rings (SSSR count). The van der Waals surface area contributed by atoms with E-state index in [1.165, 1.54) is 6.07 Å². The van der Waals surface area contributed by atoms with Gasteiger partial charge in [-0.05, 0) is 19.4 Å². The SMILES string of the molecule is CCCC(=O)C(F)C(=O)c1cccc(C)c1. The highest BCUT2D eigenvalue weighted by Crippen LogP contribution is 2.11. The van der Waals surface area contributed by atoms with Gasteiger partial charge in [-0.25, -0.2) is 4.39 Å². The second-order valence-corrected chi connectivity index (χ2v) is 3.81. The van der Waals surface area contributed by atoms with Crippen molar-refractivity contribution in [3.05, 3.63) is 35.4 Å². The van der Waals surface area contributed by atoms with Crippen LogP contribution >= 0.6 is 0 Å². The van der Waals surface area contributed by atoms with Crippen molar-refractivity contribution in [1.82, 2.24) is 0 Å². The predicted molar refractivity (Wildman–Crippen MR) is 60.3 cm³/mol. The number of alkyl halides is 1.